The Labute approximate surface area is 83.4 Å². The van der Waals surface area contributed by atoms with E-state index in [-0.39, 0.29) is 6.07 Å². The summed E-state index contributed by atoms with van der Waals surface area (Å²) >= 11 is 0. The van der Waals surface area contributed by atoms with Crippen molar-refractivity contribution in [2.45, 2.75) is 6.18 Å². The standard InChI is InChI=1S/C7HF6NO2/c8-2-1-3(9)6(14(15)16)5(10)4(2)7(11,12)13/h1H. The number of nitro groups is 1. The van der Waals surface area contributed by atoms with Crippen LogP contribution in [0, 0.1) is 27.6 Å². The summed E-state index contributed by atoms with van der Waals surface area (Å²) in [7, 11) is 0. The molecule has 0 saturated heterocycles. The van der Waals surface area contributed by atoms with E-state index in [2.05, 4.69) is 0 Å². The monoisotopic (exact) mass is 245 g/mol. The normalized spacial score (nSPS) is 11.6. The third kappa shape index (κ3) is 1.92. The van der Waals surface area contributed by atoms with E-state index < -0.39 is 39.8 Å². The Hall–Kier alpha value is -1.80. The molecule has 0 N–H and O–H groups in total. The number of hydrogen-bond acceptors (Lipinski definition) is 2. The summed E-state index contributed by atoms with van der Waals surface area (Å²) in [6.07, 6.45) is -5.48. The first-order valence-electron chi connectivity index (χ1n) is 3.55. The molecule has 0 aliphatic heterocycles. The first-order valence-corrected chi connectivity index (χ1v) is 3.55. The summed E-state index contributed by atoms with van der Waals surface area (Å²) in [5, 5.41) is 10.1. The molecule has 0 fully saturated rings. The summed E-state index contributed by atoms with van der Waals surface area (Å²) in [5.74, 6) is -6.82. The molecule has 0 heterocycles. The van der Waals surface area contributed by atoms with E-state index in [1.165, 1.54) is 0 Å². The summed E-state index contributed by atoms with van der Waals surface area (Å²) < 4.78 is 74.3. The minimum absolute atomic E-state index is 0.385. The lowest BCUT2D eigenvalue weighted by Gasteiger charge is -2.09. The van der Waals surface area contributed by atoms with Crippen LogP contribution < -0.4 is 0 Å². The Balaban J connectivity index is 3.65. The molecule has 0 aliphatic rings. The van der Waals surface area contributed by atoms with Gasteiger partial charge in [-0.15, -0.1) is 0 Å². The number of rotatable bonds is 1. The highest BCUT2D eigenvalue weighted by atomic mass is 19.4. The topological polar surface area (TPSA) is 43.1 Å². The van der Waals surface area contributed by atoms with Crippen molar-refractivity contribution in [3.05, 3.63) is 39.2 Å². The Bertz CT molecular complexity index is 455. The van der Waals surface area contributed by atoms with Crippen molar-refractivity contribution in [2.24, 2.45) is 0 Å². The molecule has 0 radical (unpaired) electrons. The Morgan fingerprint density at radius 2 is 1.62 bits per heavy atom. The molecule has 0 amide bonds. The number of nitrogens with zero attached hydrogens (tertiary/aromatic N) is 1. The lowest BCUT2D eigenvalue weighted by molar-refractivity contribution is -0.390. The number of benzene rings is 1. The average Bonchev–Trinajstić information content (AvgIpc) is 1.97. The van der Waals surface area contributed by atoms with Gasteiger partial charge in [0.1, 0.15) is 11.4 Å². The fourth-order valence-corrected chi connectivity index (χ4v) is 1.01. The van der Waals surface area contributed by atoms with Crippen LogP contribution >= 0.6 is 0 Å². The smallest absolute Gasteiger partial charge is 0.258 e. The van der Waals surface area contributed by atoms with Crippen LogP contribution in [0.1, 0.15) is 5.56 Å². The van der Waals surface area contributed by atoms with Crippen LogP contribution in [0.5, 0.6) is 0 Å². The van der Waals surface area contributed by atoms with Crippen molar-refractivity contribution in [1.82, 2.24) is 0 Å². The summed E-state index contributed by atoms with van der Waals surface area (Å²) in [4.78, 5) is 8.37. The zero-order valence-electron chi connectivity index (χ0n) is 7.11. The second kappa shape index (κ2) is 3.65. The van der Waals surface area contributed by atoms with Crippen LogP contribution in [0.2, 0.25) is 0 Å². The number of halogens is 6. The average molecular weight is 245 g/mol. The maximum Gasteiger partial charge on any atom is 0.422 e. The molecule has 0 atom stereocenters. The van der Waals surface area contributed by atoms with E-state index in [0.717, 1.165) is 0 Å². The first-order chi connectivity index (χ1) is 7.16. The molecule has 88 valence electrons. The minimum atomic E-state index is -5.48. The third-order valence-electron chi connectivity index (χ3n) is 1.61. The fourth-order valence-electron chi connectivity index (χ4n) is 1.01. The van der Waals surface area contributed by atoms with Gasteiger partial charge in [-0.25, -0.2) is 4.39 Å². The van der Waals surface area contributed by atoms with Crippen LogP contribution in [0.4, 0.5) is 32.0 Å². The van der Waals surface area contributed by atoms with Crippen LogP contribution in [-0.4, -0.2) is 4.92 Å². The van der Waals surface area contributed by atoms with Crippen LogP contribution in [0.3, 0.4) is 0 Å². The van der Waals surface area contributed by atoms with E-state index in [1.54, 1.807) is 0 Å². The SMILES string of the molecule is O=[N+]([O-])c1c(F)cc(F)c(C(F)(F)F)c1F. The van der Waals surface area contributed by atoms with Gasteiger partial charge in [-0.05, 0) is 0 Å². The number of hydrogen-bond donors (Lipinski definition) is 0. The molecule has 9 heteroatoms. The maximum absolute atomic E-state index is 12.9. The highest BCUT2D eigenvalue weighted by molar-refractivity contribution is 5.40. The van der Waals surface area contributed by atoms with Gasteiger partial charge in [0.2, 0.25) is 11.6 Å². The van der Waals surface area contributed by atoms with E-state index >= 15 is 0 Å². The molecule has 16 heavy (non-hydrogen) atoms. The van der Waals surface area contributed by atoms with Gasteiger partial charge in [0.15, 0.2) is 0 Å². The second-order valence-corrected chi connectivity index (χ2v) is 2.63. The minimum Gasteiger partial charge on any atom is -0.258 e. The van der Waals surface area contributed by atoms with E-state index in [4.69, 9.17) is 0 Å². The third-order valence-corrected chi connectivity index (χ3v) is 1.61. The second-order valence-electron chi connectivity index (χ2n) is 2.63. The molecule has 0 aromatic heterocycles. The first kappa shape index (κ1) is 12.3. The molecule has 3 nitrogen and oxygen atoms in total. The van der Waals surface area contributed by atoms with Crippen LogP contribution in [0.25, 0.3) is 0 Å². The predicted octanol–water partition coefficient (Wildman–Crippen LogP) is 3.03. The predicted molar refractivity (Wildman–Crippen MR) is 38.0 cm³/mol. The summed E-state index contributed by atoms with van der Waals surface area (Å²) in [6, 6.07) is -0.385. The lowest BCUT2D eigenvalue weighted by Crippen LogP contribution is -2.14. The van der Waals surface area contributed by atoms with E-state index in [0.29, 0.717) is 0 Å². The molecular weight excluding hydrogens is 244 g/mol. The number of alkyl halides is 3. The fraction of sp³-hybridized carbons (Fsp3) is 0.143. The van der Waals surface area contributed by atoms with Gasteiger partial charge in [-0.1, -0.05) is 0 Å². The molecule has 1 aromatic rings. The maximum atomic E-state index is 12.9. The van der Waals surface area contributed by atoms with Gasteiger partial charge >= 0.3 is 11.9 Å². The van der Waals surface area contributed by atoms with Gasteiger partial charge in [-0.3, -0.25) is 10.1 Å². The molecule has 0 spiro atoms. The van der Waals surface area contributed by atoms with Crippen molar-refractivity contribution in [1.29, 1.82) is 0 Å². The largest absolute Gasteiger partial charge is 0.422 e. The van der Waals surface area contributed by atoms with Gasteiger partial charge in [0, 0.05) is 6.07 Å². The molecule has 0 saturated carbocycles. The Morgan fingerprint density at radius 1 is 1.12 bits per heavy atom. The molecule has 0 unspecified atom stereocenters. The summed E-state index contributed by atoms with van der Waals surface area (Å²) in [5.41, 5.74) is -4.52. The zero-order valence-corrected chi connectivity index (χ0v) is 7.11. The van der Waals surface area contributed by atoms with Crippen molar-refractivity contribution in [3.8, 4) is 0 Å². The molecular formula is C7HF6NO2. The van der Waals surface area contributed by atoms with E-state index in [1.807, 2.05) is 0 Å². The van der Waals surface area contributed by atoms with Gasteiger partial charge in [0.05, 0.1) is 4.92 Å². The highest BCUT2D eigenvalue weighted by Crippen LogP contribution is 2.37. The lowest BCUT2D eigenvalue weighted by atomic mass is 10.1. The van der Waals surface area contributed by atoms with Crippen LogP contribution in [-0.2, 0) is 6.18 Å². The van der Waals surface area contributed by atoms with E-state index in [9.17, 15) is 36.5 Å². The van der Waals surface area contributed by atoms with Gasteiger partial charge in [0.25, 0.3) is 0 Å². The van der Waals surface area contributed by atoms with Crippen molar-refractivity contribution < 1.29 is 31.3 Å². The Kier molecular flexibility index (Phi) is 2.80. The van der Waals surface area contributed by atoms with Gasteiger partial charge < -0.3 is 0 Å². The van der Waals surface area contributed by atoms with Crippen LogP contribution in [0.15, 0.2) is 6.07 Å². The zero-order chi connectivity index (χ0) is 12.7. The molecule has 1 rings (SSSR count). The molecule has 0 aliphatic carbocycles. The van der Waals surface area contributed by atoms with Gasteiger partial charge in [-0.2, -0.15) is 22.0 Å². The van der Waals surface area contributed by atoms with Crippen molar-refractivity contribution in [2.75, 3.05) is 0 Å². The molecule has 0 bridgehead atoms. The quantitative estimate of drug-likeness (QED) is 0.433. The Morgan fingerprint density at radius 3 is 2.00 bits per heavy atom. The molecule has 1 aromatic carbocycles. The number of nitro benzene ring substituents is 1. The summed E-state index contributed by atoms with van der Waals surface area (Å²) in [6.45, 7) is 0. The van der Waals surface area contributed by atoms with Crippen molar-refractivity contribution >= 4 is 5.69 Å². The van der Waals surface area contributed by atoms with Crippen molar-refractivity contribution in [3.63, 3.8) is 0 Å². The highest BCUT2D eigenvalue weighted by Gasteiger charge is 2.42.